The van der Waals surface area contributed by atoms with Crippen LogP contribution in [0.25, 0.3) is 10.2 Å². The van der Waals surface area contributed by atoms with E-state index < -0.39 is 0 Å². The molecule has 0 fully saturated rings. The van der Waals surface area contributed by atoms with Crippen LogP contribution < -0.4 is 9.54 Å². The quantitative estimate of drug-likeness (QED) is 0.739. The molecule has 2 aromatic carbocycles. The average molecular weight is 326 g/mol. The van der Waals surface area contributed by atoms with Gasteiger partial charge in [0.2, 0.25) is 0 Å². The molecule has 4 nitrogen and oxygen atoms in total. The molecule has 3 aromatic rings. The highest BCUT2D eigenvalue weighted by Crippen LogP contribution is 2.19. The summed E-state index contributed by atoms with van der Waals surface area (Å²) in [4.78, 5) is 17.3. The molecule has 0 atom stereocenters. The molecule has 118 valence electrons. The van der Waals surface area contributed by atoms with Crippen molar-refractivity contribution in [1.29, 1.82) is 0 Å². The summed E-state index contributed by atoms with van der Waals surface area (Å²) in [6.45, 7) is 2.13. The Hall–Kier alpha value is -2.40. The smallest absolute Gasteiger partial charge is 0.279 e. The molecule has 1 aromatic heterocycles. The van der Waals surface area contributed by atoms with Gasteiger partial charge in [0.05, 0.1) is 17.3 Å². The van der Waals surface area contributed by atoms with Crippen LogP contribution >= 0.6 is 11.3 Å². The molecule has 0 bridgehead atoms. The van der Waals surface area contributed by atoms with Crippen LogP contribution in [0.2, 0.25) is 0 Å². The number of aromatic nitrogens is 1. The zero-order valence-corrected chi connectivity index (χ0v) is 14.2. The SMILES string of the molecule is CCc1ccc2c(c1)sc(=NC(=O)c1ccc(OC)cc1)n2C. The third-order valence-corrected chi connectivity index (χ3v) is 4.91. The fraction of sp³-hybridized carbons (Fsp3) is 0.222. The number of thiazole rings is 1. The summed E-state index contributed by atoms with van der Waals surface area (Å²) in [5.74, 6) is 0.478. The molecule has 0 spiro atoms. The molecule has 0 radical (unpaired) electrons. The van der Waals surface area contributed by atoms with Gasteiger partial charge in [-0.25, -0.2) is 0 Å². The molecule has 1 heterocycles. The first-order valence-electron chi connectivity index (χ1n) is 7.44. The maximum absolute atomic E-state index is 12.4. The first-order valence-corrected chi connectivity index (χ1v) is 8.25. The molecule has 0 saturated carbocycles. The third kappa shape index (κ3) is 3.05. The van der Waals surface area contributed by atoms with Crippen molar-refractivity contribution in [3.05, 3.63) is 58.4 Å². The Labute approximate surface area is 138 Å². The molecular formula is C18H18N2O2S. The Morgan fingerprint density at radius 1 is 1.22 bits per heavy atom. The van der Waals surface area contributed by atoms with Crippen molar-refractivity contribution in [2.24, 2.45) is 12.0 Å². The van der Waals surface area contributed by atoms with Gasteiger partial charge in [-0.05, 0) is 48.4 Å². The standard InChI is InChI=1S/C18H18N2O2S/c1-4-12-5-10-15-16(11-12)23-18(20(15)2)19-17(21)13-6-8-14(22-3)9-7-13/h5-11H,4H2,1-3H3. The number of rotatable bonds is 3. The molecule has 0 aliphatic heterocycles. The second-order valence-corrected chi connectivity index (χ2v) is 6.25. The second-order valence-electron chi connectivity index (χ2n) is 5.24. The first-order chi connectivity index (χ1) is 11.1. The van der Waals surface area contributed by atoms with Gasteiger partial charge in [0, 0.05) is 12.6 Å². The molecule has 0 N–H and O–H groups in total. The Kier molecular flexibility index (Phi) is 4.30. The van der Waals surface area contributed by atoms with Gasteiger partial charge in [-0.1, -0.05) is 24.3 Å². The highest BCUT2D eigenvalue weighted by atomic mass is 32.1. The number of benzene rings is 2. The van der Waals surface area contributed by atoms with E-state index in [1.54, 1.807) is 31.4 Å². The molecular weight excluding hydrogens is 308 g/mol. The minimum atomic E-state index is -0.245. The first kappa shape index (κ1) is 15.5. The number of fused-ring (bicyclic) bond motifs is 1. The van der Waals surface area contributed by atoms with Crippen LogP contribution in [0.3, 0.4) is 0 Å². The van der Waals surface area contributed by atoms with Crippen LogP contribution in [-0.4, -0.2) is 17.6 Å². The van der Waals surface area contributed by atoms with E-state index in [4.69, 9.17) is 4.74 Å². The van der Waals surface area contributed by atoms with Crippen molar-refractivity contribution in [3.63, 3.8) is 0 Å². The van der Waals surface area contributed by atoms with E-state index in [2.05, 4.69) is 30.1 Å². The molecule has 0 unspecified atom stereocenters. The van der Waals surface area contributed by atoms with Crippen LogP contribution in [-0.2, 0) is 13.5 Å². The molecule has 3 rings (SSSR count). The zero-order valence-electron chi connectivity index (χ0n) is 13.4. The van der Waals surface area contributed by atoms with E-state index >= 15 is 0 Å². The molecule has 23 heavy (non-hydrogen) atoms. The van der Waals surface area contributed by atoms with Crippen LogP contribution in [0.5, 0.6) is 5.75 Å². The van der Waals surface area contributed by atoms with Crippen LogP contribution in [0.15, 0.2) is 47.5 Å². The number of carbonyl (C=O) groups excluding carboxylic acids is 1. The number of nitrogens with zero attached hydrogens (tertiary/aromatic N) is 2. The average Bonchev–Trinajstić information content (AvgIpc) is 2.90. The summed E-state index contributed by atoms with van der Waals surface area (Å²) in [7, 11) is 3.54. The van der Waals surface area contributed by atoms with Gasteiger partial charge in [-0.2, -0.15) is 4.99 Å². The molecule has 1 amide bonds. The maximum Gasteiger partial charge on any atom is 0.279 e. The minimum Gasteiger partial charge on any atom is -0.497 e. The predicted molar refractivity (Wildman–Crippen MR) is 93.1 cm³/mol. The second kappa shape index (κ2) is 6.38. The van der Waals surface area contributed by atoms with E-state index in [0.29, 0.717) is 10.4 Å². The minimum absolute atomic E-state index is 0.245. The van der Waals surface area contributed by atoms with Crippen LogP contribution in [0.4, 0.5) is 0 Å². The lowest BCUT2D eigenvalue weighted by atomic mass is 10.2. The lowest BCUT2D eigenvalue weighted by Gasteiger charge is -2.00. The molecule has 0 aliphatic rings. The summed E-state index contributed by atoms with van der Waals surface area (Å²) in [6.07, 6.45) is 0.995. The van der Waals surface area contributed by atoms with E-state index in [9.17, 15) is 4.79 Å². The lowest BCUT2D eigenvalue weighted by Crippen LogP contribution is -2.13. The lowest BCUT2D eigenvalue weighted by molar-refractivity contribution is 0.0998. The zero-order chi connectivity index (χ0) is 16.4. The largest absolute Gasteiger partial charge is 0.497 e. The summed E-state index contributed by atoms with van der Waals surface area (Å²) >= 11 is 1.53. The topological polar surface area (TPSA) is 43.6 Å². The van der Waals surface area contributed by atoms with Gasteiger partial charge in [0.1, 0.15) is 5.75 Å². The number of aryl methyl sites for hydroxylation is 2. The number of amides is 1. The van der Waals surface area contributed by atoms with Crippen molar-refractivity contribution >= 4 is 27.5 Å². The Bertz CT molecular complexity index is 920. The molecule has 5 heteroatoms. The van der Waals surface area contributed by atoms with Gasteiger partial charge in [0.15, 0.2) is 4.80 Å². The normalized spacial score (nSPS) is 11.9. The molecule has 0 aliphatic carbocycles. The van der Waals surface area contributed by atoms with Crippen LogP contribution in [0.1, 0.15) is 22.8 Å². The fourth-order valence-corrected chi connectivity index (χ4v) is 3.47. The van der Waals surface area contributed by atoms with Crippen LogP contribution in [0, 0.1) is 0 Å². The van der Waals surface area contributed by atoms with Crippen molar-refractivity contribution < 1.29 is 9.53 Å². The monoisotopic (exact) mass is 326 g/mol. The van der Waals surface area contributed by atoms with Crippen molar-refractivity contribution in [2.75, 3.05) is 7.11 Å². The third-order valence-electron chi connectivity index (χ3n) is 3.82. The Morgan fingerprint density at radius 2 is 1.96 bits per heavy atom. The summed E-state index contributed by atoms with van der Waals surface area (Å²) in [6, 6.07) is 13.4. The predicted octanol–water partition coefficient (Wildman–Crippen LogP) is 3.55. The Morgan fingerprint density at radius 3 is 2.61 bits per heavy atom. The number of methoxy groups -OCH3 is 1. The van der Waals surface area contributed by atoms with E-state index in [1.165, 1.54) is 16.9 Å². The fourth-order valence-electron chi connectivity index (χ4n) is 2.39. The summed E-state index contributed by atoms with van der Waals surface area (Å²) in [5.41, 5.74) is 2.93. The van der Waals surface area contributed by atoms with Gasteiger partial charge >= 0.3 is 0 Å². The number of carbonyl (C=O) groups is 1. The van der Waals surface area contributed by atoms with E-state index in [0.717, 1.165) is 22.4 Å². The highest BCUT2D eigenvalue weighted by molar-refractivity contribution is 7.16. The van der Waals surface area contributed by atoms with Gasteiger partial charge in [-0.3, -0.25) is 4.79 Å². The van der Waals surface area contributed by atoms with Gasteiger partial charge in [-0.15, -0.1) is 0 Å². The maximum atomic E-state index is 12.4. The van der Waals surface area contributed by atoms with E-state index in [-0.39, 0.29) is 5.91 Å². The van der Waals surface area contributed by atoms with Crippen molar-refractivity contribution in [1.82, 2.24) is 4.57 Å². The summed E-state index contributed by atoms with van der Waals surface area (Å²) in [5, 5.41) is 0. The highest BCUT2D eigenvalue weighted by Gasteiger charge is 2.08. The van der Waals surface area contributed by atoms with Crippen molar-refractivity contribution in [3.8, 4) is 5.75 Å². The van der Waals surface area contributed by atoms with Crippen molar-refractivity contribution in [2.45, 2.75) is 13.3 Å². The number of ether oxygens (including phenoxy) is 1. The molecule has 0 saturated heterocycles. The number of hydrogen-bond acceptors (Lipinski definition) is 3. The summed E-state index contributed by atoms with van der Waals surface area (Å²) < 4.78 is 8.21. The Balaban J connectivity index is 2.02. The number of hydrogen-bond donors (Lipinski definition) is 0. The van der Waals surface area contributed by atoms with Gasteiger partial charge in [0.25, 0.3) is 5.91 Å². The van der Waals surface area contributed by atoms with E-state index in [1.807, 2.05) is 11.6 Å². The van der Waals surface area contributed by atoms with Gasteiger partial charge < -0.3 is 9.30 Å².